The van der Waals surface area contributed by atoms with Gasteiger partial charge in [-0.05, 0) is 71.6 Å². The van der Waals surface area contributed by atoms with Gasteiger partial charge in [0.25, 0.3) is 5.91 Å². The molecule has 0 saturated heterocycles. The predicted octanol–water partition coefficient (Wildman–Crippen LogP) is 6.12. The summed E-state index contributed by atoms with van der Waals surface area (Å²) in [6.07, 6.45) is 0.970. The van der Waals surface area contributed by atoms with Gasteiger partial charge in [0.2, 0.25) is 5.91 Å². The molecule has 1 atom stereocenters. The molecule has 0 fully saturated rings. The predicted molar refractivity (Wildman–Crippen MR) is 129 cm³/mol. The molecule has 164 valence electrons. The monoisotopic (exact) mass is 524 g/mol. The van der Waals surface area contributed by atoms with E-state index in [-0.39, 0.29) is 10.9 Å². The van der Waals surface area contributed by atoms with Gasteiger partial charge in [-0.1, -0.05) is 37.0 Å². The molecule has 0 spiro atoms. The second-order valence-electron chi connectivity index (χ2n) is 7.50. The molecule has 2 aromatic carbocycles. The SMILES string of the molecule is CCc1c(C(C)(CC)C(N)=O)c2cc(OC)cc(Br)c2n1C(=O)c1ccc(Cl)cc1Cl. The molecule has 1 heterocycles. The molecule has 0 radical (unpaired) electrons. The molecule has 8 heteroatoms. The van der Waals surface area contributed by atoms with Gasteiger partial charge >= 0.3 is 0 Å². The number of methoxy groups -OCH3 is 1. The maximum atomic E-state index is 13.7. The van der Waals surface area contributed by atoms with Crippen LogP contribution in [0.25, 0.3) is 10.9 Å². The minimum absolute atomic E-state index is 0.251. The molecular formula is C23H23BrCl2N2O3. The Morgan fingerprint density at radius 3 is 2.39 bits per heavy atom. The number of rotatable bonds is 6. The van der Waals surface area contributed by atoms with Crippen molar-refractivity contribution in [2.45, 2.75) is 39.0 Å². The number of hydrogen-bond acceptors (Lipinski definition) is 3. The first-order valence-corrected chi connectivity index (χ1v) is 11.4. The Morgan fingerprint density at radius 2 is 1.87 bits per heavy atom. The summed E-state index contributed by atoms with van der Waals surface area (Å²) in [5.74, 6) is -0.177. The lowest BCUT2D eigenvalue weighted by atomic mass is 9.77. The van der Waals surface area contributed by atoms with Crippen molar-refractivity contribution in [2.24, 2.45) is 5.73 Å². The van der Waals surface area contributed by atoms with E-state index in [1.165, 1.54) is 6.07 Å². The number of fused-ring (bicyclic) bond motifs is 1. The highest BCUT2D eigenvalue weighted by Crippen LogP contribution is 2.43. The summed E-state index contributed by atoms with van der Waals surface area (Å²) in [4.78, 5) is 26.3. The van der Waals surface area contributed by atoms with E-state index in [4.69, 9.17) is 33.7 Å². The van der Waals surface area contributed by atoms with E-state index in [9.17, 15) is 9.59 Å². The first-order chi connectivity index (χ1) is 14.6. The second kappa shape index (κ2) is 8.85. The lowest BCUT2D eigenvalue weighted by Crippen LogP contribution is -2.38. The third kappa shape index (κ3) is 3.86. The highest BCUT2D eigenvalue weighted by Gasteiger charge is 2.39. The van der Waals surface area contributed by atoms with Crippen LogP contribution in [0.1, 0.15) is 48.8 Å². The van der Waals surface area contributed by atoms with Crippen molar-refractivity contribution >= 4 is 61.8 Å². The fraction of sp³-hybridized carbons (Fsp3) is 0.304. The molecule has 0 aliphatic heterocycles. The Labute approximate surface area is 199 Å². The third-order valence-electron chi connectivity index (χ3n) is 5.83. The van der Waals surface area contributed by atoms with E-state index in [2.05, 4.69) is 15.9 Å². The summed E-state index contributed by atoms with van der Waals surface area (Å²) >= 11 is 16.0. The van der Waals surface area contributed by atoms with Crippen LogP contribution in [0, 0.1) is 0 Å². The van der Waals surface area contributed by atoms with E-state index < -0.39 is 11.3 Å². The number of benzene rings is 2. The average molecular weight is 526 g/mol. The number of primary amides is 1. The number of aromatic nitrogens is 1. The van der Waals surface area contributed by atoms with E-state index in [1.807, 2.05) is 19.9 Å². The minimum Gasteiger partial charge on any atom is -0.497 e. The van der Waals surface area contributed by atoms with Crippen LogP contribution >= 0.6 is 39.1 Å². The number of carbonyl (C=O) groups excluding carboxylic acids is 2. The van der Waals surface area contributed by atoms with Crippen molar-refractivity contribution in [3.63, 3.8) is 0 Å². The van der Waals surface area contributed by atoms with Gasteiger partial charge < -0.3 is 10.5 Å². The molecule has 3 aromatic rings. The average Bonchev–Trinajstić information content (AvgIpc) is 3.07. The Kier molecular flexibility index (Phi) is 6.75. The summed E-state index contributed by atoms with van der Waals surface area (Å²) in [6, 6.07) is 8.37. The van der Waals surface area contributed by atoms with E-state index in [1.54, 1.807) is 36.8 Å². The molecule has 2 N–H and O–H groups in total. The number of nitrogens with zero attached hydrogens (tertiary/aromatic N) is 1. The number of ether oxygens (including phenoxy) is 1. The van der Waals surface area contributed by atoms with Crippen molar-refractivity contribution < 1.29 is 14.3 Å². The maximum absolute atomic E-state index is 13.7. The van der Waals surface area contributed by atoms with Crippen molar-refractivity contribution in [1.29, 1.82) is 0 Å². The Bertz CT molecular complexity index is 1210. The number of amides is 1. The lowest BCUT2D eigenvalue weighted by molar-refractivity contribution is -0.123. The van der Waals surface area contributed by atoms with Crippen LogP contribution in [0.2, 0.25) is 10.0 Å². The quantitative estimate of drug-likeness (QED) is 0.421. The van der Waals surface area contributed by atoms with Gasteiger partial charge in [0.05, 0.1) is 28.6 Å². The molecular weight excluding hydrogens is 503 g/mol. The Balaban J connectivity index is 2.50. The molecule has 5 nitrogen and oxygen atoms in total. The molecule has 3 rings (SSSR count). The van der Waals surface area contributed by atoms with E-state index in [0.29, 0.717) is 44.9 Å². The fourth-order valence-electron chi connectivity index (χ4n) is 3.94. The van der Waals surface area contributed by atoms with Crippen LogP contribution < -0.4 is 10.5 Å². The summed E-state index contributed by atoms with van der Waals surface area (Å²) in [6.45, 7) is 5.65. The van der Waals surface area contributed by atoms with Gasteiger partial charge in [-0.15, -0.1) is 0 Å². The summed E-state index contributed by atoms with van der Waals surface area (Å²) in [7, 11) is 1.57. The first kappa shape index (κ1) is 23.6. The van der Waals surface area contributed by atoms with Crippen LogP contribution in [-0.2, 0) is 16.6 Å². The van der Waals surface area contributed by atoms with Crippen LogP contribution in [0.15, 0.2) is 34.8 Å². The lowest BCUT2D eigenvalue weighted by Gasteiger charge is -2.26. The molecule has 0 aliphatic carbocycles. The highest BCUT2D eigenvalue weighted by atomic mass is 79.9. The first-order valence-electron chi connectivity index (χ1n) is 9.81. The zero-order valence-electron chi connectivity index (χ0n) is 17.7. The van der Waals surface area contributed by atoms with Gasteiger partial charge in [-0.3, -0.25) is 14.2 Å². The molecule has 1 amide bonds. The standard InChI is InChI=1S/C23H23BrCl2N2O3/c1-5-18-19(23(3,6-2)22(27)30)15-10-13(31-4)11-16(24)20(15)28(18)21(29)14-8-7-12(25)9-17(14)26/h7-11H,5-6H2,1-4H3,(H2,27,30). The second-order valence-corrected chi connectivity index (χ2v) is 9.19. The van der Waals surface area contributed by atoms with Crippen LogP contribution in [0.3, 0.4) is 0 Å². The summed E-state index contributed by atoms with van der Waals surface area (Å²) in [5.41, 5.74) is 7.24. The molecule has 31 heavy (non-hydrogen) atoms. The number of carbonyl (C=O) groups is 2. The van der Waals surface area contributed by atoms with E-state index in [0.717, 1.165) is 10.9 Å². The molecule has 0 aliphatic rings. The zero-order chi connectivity index (χ0) is 23.1. The largest absolute Gasteiger partial charge is 0.497 e. The van der Waals surface area contributed by atoms with Gasteiger partial charge in [0.1, 0.15) is 5.75 Å². The third-order valence-corrected chi connectivity index (χ3v) is 6.98. The molecule has 1 aromatic heterocycles. The highest BCUT2D eigenvalue weighted by molar-refractivity contribution is 9.10. The molecule has 1 unspecified atom stereocenters. The van der Waals surface area contributed by atoms with Crippen molar-refractivity contribution in [3.05, 3.63) is 61.7 Å². The van der Waals surface area contributed by atoms with Crippen molar-refractivity contribution in [3.8, 4) is 5.75 Å². The van der Waals surface area contributed by atoms with Gasteiger partial charge in [-0.2, -0.15) is 0 Å². The zero-order valence-corrected chi connectivity index (χ0v) is 20.8. The van der Waals surface area contributed by atoms with Gasteiger partial charge in [-0.25, -0.2) is 0 Å². The number of nitrogens with two attached hydrogens (primary N) is 1. The van der Waals surface area contributed by atoms with Gasteiger partial charge in [0, 0.05) is 20.6 Å². The summed E-state index contributed by atoms with van der Waals surface area (Å²) < 4.78 is 7.72. The summed E-state index contributed by atoms with van der Waals surface area (Å²) in [5, 5.41) is 1.42. The van der Waals surface area contributed by atoms with Crippen molar-refractivity contribution in [2.75, 3.05) is 7.11 Å². The van der Waals surface area contributed by atoms with E-state index >= 15 is 0 Å². The Morgan fingerprint density at radius 1 is 1.19 bits per heavy atom. The Hall–Kier alpha value is -2.02. The molecule has 0 bridgehead atoms. The number of halogens is 3. The smallest absolute Gasteiger partial charge is 0.264 e. The van der Waals surface area contributed by atoms with Crippen LogP contribution in [0.4, 0.5) is 0 Å². The topological polar surface area (TPSA) is 74.3 Å². The number of hydrogen-bond donors (Lipinski definition) is 1. The van der Waals surface area contributed by atoms with Crippen LogP contribution in [-0.4, -0.2) is 23.5 Å². The van der Waals surface area contributed by atoms with Crippen molar-refractivity contribution in [1.82, 2.24) is 4.57 Å². The van der Waals surface area contributed by atoms with Gasteiger partial charge in [0.15, 0.2) is 0 Å². The van der Waals surface area contributed by atoms with Crippen LogP contribution in [0.5, 0.6) is 5.75 Å². The maximum Gasteiger partial charge on any atom is 0.264 e. The fourth-order valence-corrected chi connectivity index (χ4v) is 5.05. The minimum atomic E-state index is -0.981. The molecule has 0 saturated carbocycles. The normalized spacial score (nSPS) is 13.3.